The molecule has 1 aromatic carbocycles. The molecule has 3 rings (SSSR count). The molecular formula is C17H18N4O2S2. The van der Waals surface area contributed by atoms with Crippen LogP contribution in [0.5, 0.6) is 0 Å². The Hall–Kier alpha value is -2.32. The summed E-state index contributed by atoms with van der Waals surface area (Å²) in [6.45, 7) is 2.25. The lowest BCUT2D eigenvalue weighted by Gasteiger charge is -2.06. The molecule has 1 amide bonds. The Bertz CT molecular complexity index is 888. The predicted octanol–water partition coefficient (Wildman–Crippen LogP) is 3.85. The third-order valence-corrected chi connectivity index (χ3v) is 5.54. The molecule has 0 aliphatic rings. The van der Waals surface area contributed by atoms with Gasteiger partial charge in [-0.1, -0.05) is 24.8 Å². The zero-order chi connectivity index (χ0) is 17.8. The van der Waals surface area contributed by atoms with Crippen molar-refractivity contribution in [3.63, 3.8) is 0 Å². The number of carbonyl (C=O) groups excluding carboxylic acids is 1. The molecule has 0 fully saturated rings. The van der Waals surface area contributed by atoms with E-state index in [1.54, 1.807) is 22.6 Å². The van der Waals surface area contributed by atoms with E-state index in [4.69, 9.17) is 10.5 Å². The Labute approximate surface area is 154 Å². The van der Waals surface area contributed by atoms with Crippen LogP contribution in [0.25, 0.3) is 11.1 Å². The van der Waals surface area contributed by atoms with Gasteiger partial charge in [-0.25, -0.2) is 9.78 Å². The number of nitrogens with two attached hydrogens (primary N) is 1. The van der Waals surface area contributed by atoms with Crippen LogP contribution in [0.15, 0.2) is 45.9 Å². The zero-order valence-electron chi connectivity index (χ0n) is 13.9. The fraction of sp³-hybridized carbons (Fsp3) is 0.235. The maximum atomic E-state index is 10.7. The lowest BCUT2D eigenvalue weighted by molar-refractivity contribution is 0.150. The summed E-state index contributed by atoms with van der Waals surface area (Å²) in [6.07, 6.45) is 5.84. The van der Waals surface area contributed by atoms with Gasteiger partial charge < -0.3 is 10.5 Å². The highest BCUT2D eigenvalue weighted by Crippen LogP contribution is 2.35. The van der Waals surface area contributed by atoms with E-state index in [1.165, 1.54) is 16.9 Å². The molecule has 0 saturated carbocycles. The third-order valence-electron chi connectivity index (χ3n) is 3.50. The first-order valence-electron chi connectivity index (χ1n) is 7.71. The minimum Gasteiger partial charge on any atom is -0.442 e. The molecule has 6 nitrogen and oxygen atoms in total. The summed E-state index contributed by atoms with van der Waals surface area (Å²) in [6, 6.07) is 6.53. The summed E-state index contributed by atoms with van der Waals surface area (Å²) >= 11 is 3.14. The van der Waals surface area contributed by atoms with Crippen LogP contribution in [0.3, 0.4) is 0 Å². The van der Waals surface area contributed by atoms with Crippen molar-refractivity contribution < 1.29 is 9.53 Å². The monoisotopic (exact) mass is 374 g/mol. The molecule has 0 atom stereocenters. The van der Waals surface area contributed by atoms with E-state index >= 15 is 0 Å². The highest BCUT2D eigenvalue weighted by Gasteiger charge is 2.09. The number of aromatic nitrogens is 3. The van der Waals surface area contributed by atoms with E-state index in [0.717, 1.165) is 31.7 Å². The molecular weight excluding hydrogens is 356 g/mol. The molecule has 2 heterocycles. The second kappa shape index (κ2) is 7.71. The smallest absolute Gasteiger partial charge is 0.404 e. The first-order valence-corrected chi connectivity index (χ1v) is 9.34. The maximum Gasteiger partial charge on any atom is 0.404 e. The third kappa shape index (κ3) is 4.61. The number of nitrogens with zero attached hydrogens (tertiary/aromatic N) is 3. The van der Waals surface area contributed by atoms with Crippen LogP contribution in [0.2, 0.25) is 0 Å². The van der Waals surface area contributed by atoms with Gasteiger partial charge >= 0.3 is 6.09 Å². The molecule has 0 spiro atoms. The van der Waals surface area contributed by atoms with E-state index < -0.39 is 6.09 Å². The predicted molar refractivity (Wildman–Crippen MR) is 98.6 cm³/mol. The minimum absolute atomic E-state index is 0.108. The molecule has 0 unspecified atom stereocenters. The van der Waals surface area contributed by atoms with Gasteiger partial charge in [0.05, 0.1) is 16.6 Å². The van der Waals surface area contributed by atoms with Gasteiger partial charge in [-0.2, -0.15) is 5.10 Å². The van der Waals surface area contributed by atoms with Gasteiger partial charge in [0.1, 0.15) is 11.6 Å². The molecule has 0 radical (unpaired) electrons. The number of aryl methyl sites for hydroxylation is 2. The van der Waals surface area contributed by atoms with E-state index in [0.29, 0.717) is 0 Å². The number of amides is 1. The average Bonchev–Trinajstić information content (AvgIpc) is 3.21. The van der Waals surface area contributed by atoms with Crippen LogP contribution in [0.1, 0.15) is 17.5 Å². The summed E-state index contributed by atoms with van der Waals surface area (Å²) in [5.41, 5.74) is 8.50. The van der Waals surface area contributed by atoms with Crippen molar-refractivity contribution in [1.82, 2.24) is 14.8 Å². The molecule has 0 bridgehead atoms. The zero-order valence-corrected chi connectivity index (χ0v) is 15.6. The average molecular weight is 374 g/mol. The molecule has 3 aromatic rings. The molecule has 25 heavy (non-hydrogen) atoms. The highest BCUT2D eigenvalue weighted by atomic mass is 32.2. The Kier molecular flexibility index (Phi) is 5.40. The van der Waals surface area contributed by atoms with Crippen molar-refractivity contribution in [3.8, 4) is 11.1 Å². The lowest BCUT2D eigenvalue weighted by Crippen LogP contribution is -2.12. The number of hydrogen-bond donors (Lipinski definition) is 1. The van der Waals surface area contributed by atoms with Crippen LogP contribution in [0.4, 0.5) is 4.79 Å². The van der Waals surface area contributed by atoms with Gasteiger partial charge in [0.25, 0.3) is 0 Å². The van der Waals surface area contributed by atoms with Crippen molar-refractivity contribution in [2.75, 3.05) is 0 Å². The van der Waals surface area contributed by atoms with Gasteiger partial charge in [0.15, 0.2) is 0 Å². The Morgan fingerprint density at radius 3 is 2.84 bits per heavy atom. The summed E-state index contributed by atoms with van der Waals surface area (Å²) in [5.74, 6) is 0. The fourth-order valence-corrected chi connectivity index (χ4v) is 4.36. The molecule has 130 valence electrons. The van der Waals surface area contributed by atoms with Crippen LogP contribution in [-0.4, -0.2) is 20.9 Å². The number of rotatable bonds is 6. The standard InChI is InChI=1S/C17H18N4O2S2/c1-3-11-4-12(13-7-20-21(2)9-13)6-14(5-11)24-16-8-19-15(25-16)10-23-17(18)22/h4-9H,3,10H2,1-2H3,(H2,18,22). The van der Waals surface area contributed by atoms with E-state index in [1.807, 2.05) is 19.4 Å². The molecule has 0 aliphatic carbocycles. The van der Waals surface area contributed by atoms with Gasteiger partial charge in [0, 0.05) is 23.7 Å². The number of thiazole rings is 1. The molecule has 2 aromatic heterocycles. The first-order chi connectivity index (χ1) is 12.0. The maximum absolute atomic E-state index is 10.7. The van der Waals surface area contributed by atoms with Gasteiger partial charge in [0.2, 0.25) is 0 Å². The van der Waals surface area contributed by atoms with Crippen LogP contribution in [-0.2, 0) is 24.8 Å². The van der Waals surface area contributed by atoms with Crippen molar-refractivity contribution in [2.24, 2.45) is 12.8 Å². The number of ether oxygens (including phenoxy) is 1. The van der Waals surface area contributed by atoms with Crippen LogP contribution >= 0.6 is 23.1 Å². The summed E-state index contributed by atoms with van der Waals surface area (Å²) in [5, 5.41) is 4.97. The van der Waals surface area contributed by atoms with Gasteiger partial charge in [-0.15, -0.1) is 11.3 Å². The lowest BCUT2D eigenvalue weighted by atomic mass is 10.1. The van der Waals surface area contributed by atoms with Gasteiger partial charge in [-0.05, 0) is 29.7 Å². The molecule has 0 saturated heterocycles. The van der Waals surface area contributed by atoms with Crippen molar-refractivity contribution >= 4 is 29.2 Å². The number of carbonyl (C=O) groups is 1. The Morgan fingerprint density at radius 1 is 1.32 bits per heavy atom. The Balaban J connectivity index is 1.81. The highest BCUT2D eigenvalue weighted by molar-refractivity contribution is 8.01. The molecule has 0 aliphatic heterocycles. The van der Waals surface area contributed by atoms with Crippen molar-refractivity contribution in [3.05, 3.63) is 47.4 Å². The Morgan fingerprint density at radius 2 is 2.16 bits per heavy atom. The number of primary amides is 1. The summed E-state index contributed by atoms with van der Waals surface area (Å²) in [4.78, 5) is 16.1. The van der Waals surface area contributed by atoms with E-state index in [9.17, 15) is 4.79 Å². The fourth-order valence-electron chi connectivity index (χ4n) is 2.32. The van der Waals surface area contributed by atoms with E-state index in [-0.39, 0.29) is 6.61 Å². The van der Waals surface area contributed by atoms with Crippen LogP contribution in [0, 0.1) is 0 Å². The second-order valence-corrected chi connectivity index (χ2v) is 7.89. The topological polar surface area (TPSA) is 83.0 Å². The first kappa shape index (κ1) is 17.5. The van der Waals surface area contributed by atoms with Crippen molar-refractivity contribution in [1.29, 1.82) is 0 Å². The normalized spacial score (nSPS) is 10.8. The van der Waals surface area contributed by atoms with Crippen molar-refractivity contribution in [2.45, 2.75) is 29.1 Å². The number of benzene rings is 1. The minimum atomic E-state index is -0.791. The summed E-state index contributed by atoms with van der Waals surface area (Å²) in [7, 11) is 1.91. The number of hydrogen-bond acceptors (Lipinski definition) is 6. The van der Waals surface area contributed by atoms with Gasteiger partial charge in [-0.3, -0.25) is 4.68 Å². The largest absolute Gasteiger partial charge is 0.442 e. The molecule has 2 N–H and O–H groups in total. The quantitative estimate of drug-likeness (QED) is 0.708. The molecule has 8 heteroatoms. The summed E-state index contributed by atoms with van der Waals surface area (Å²) < 4.78 is 7.61. The van der Waals surface area contributed by atoms with Crippen LogP contribution < -0.4 is 5.73 Å². The second-order valence-electron chi connectivity index (χ2n) is 5.40. The van der Waals surface area contributed by atoms with E-state index in [2.05, 4.69) is 35.2 Å². The SMILES string of the molecule is CCc1cc(Sc2cnc(COC(N)=O)s2)cc(-c2cnn(C)c2)c1.